The van der Waals surface area contributed by atoms with Gasteiger partial charge in [0.05, 0.1) is 7.11 Å². The Labute approximate surface area is 106 Å². The van der Waals surface area contributed by atoms with Crippen molar-refractivity contribution >= 4 is 17.6 Å². The van der Waals surface area contributed by atoms with Gasteiger partial charge in [-0.1, -0.05) is 35.9 Å². The zero-order valence-electron chi connectivity index (χ0n) is 10.00. The molecule has 0 radical (unpaired) electrons. The van der Waals surface area contributed by atoms with E-state index in [1.807, 2.05) is 12.1 Å². The highest BCUT2D eigenvalue weighted by Gasteiger charge is 2.37. The van der Waals surface area contributed by atoms with Crippen molar-refractivity contribution in [3.05, 3.63) is 47.5 Å². The van der Waals surface area contributed by atoms with E-state index in [9.17, 15) is 4.79 Å². The van der Waals surface area contributed by atoms with Crippen molar-refractivity contribution in [1.82, 2.24) is 5.32 Å². The van der Waals surface area contributed by atoms with Crippen LogP contribution in [0.5, 0.6) is 0 Å². The van der Waals surface area contributed by atoms with Crippen molar-refractivity contribution < 1.29 is 9.53 Å². The fourth-order valence-corrected chi connectivity index (χ4v) is 1.95. The molecule has 0 aliphatic heterocycles. The summed E-state index contributed by atoms with van der Waals surface area (Å²) in [6, 6.07) is 7.19. The fraction of sp³-hybridized carbons (Fsp3) is 0.308. The van der Waals surface area contributed by atoms with Gasteiger partial charge in [0, 0.05) is 17.1 Å². The van der Waals surface area contributed by atoms with Gasteiger partial charge in [-0.05, 0) is 13.0 Å². The summed E-state index contributed by atoms with van der Waals surface area (Å²) in [5.41, 5.74) is -0.281. The second-order valence-electron chi connectivity index (χ2n) is 3.77. The van der Waals surface area contributed by atoms with E-state index >= 15 is 0 Å². The SMILES string of the molecule is C=CCNC(C)(C(=O)OC)c1ccccc1Cl. The number of ether oxygens (including phenoxy) is 1. The molecule has 1 atom stereocenters. The van der Waals surface area contributed by atoms with Gasteiger partial charge in [-0.15, -0.1) is 6.58 Å². The van der Waals surface area contributed by atoms with Crippen LogP contribution in [0, 0.1) is 0 Å². The summed E-state index contributed by atoms with van der Waals surface area (Å²) in [4.78, 5) is 11.9. The van der Waals surface area contributed by atoms with Crippen molar-refractivity contribution in [2.24, 2.45) is 0 Å². The third kappa shape index (κ3) is 2.87. The first kappa shape index (κ1) is 13.7. The number of carbonyl (C=O) groups excluding carboxylic acids is 1. The van der Waals surface area contributed by atoms with Gasteiger partial charge in [0.1, 0.15) is 5.54 Å². The molecule has 0 aliphatic carbocycles. The molecule has 0 saturated heterocycles. The van der Waals surface area contributed by atoms with E-state index in [0.717, 1.165) is 0 Å². The number of carbonyl (C=O) groups is 1. The lowest BCUT2D eigenvalue weighted by Crippen LogP contribution is -2.47. The van der Waals surface area contributed by atoms with E-state index in [2.05, 4.69) is 11.9 Å². The lowest BCUT2D eigenvalue weighted by atomic mass is 9.92. The van der Waals surface area contributed by atoms with Crippen molar-refractivity contribution in [3.63, 3.8) is 0 Å². The molecule has 92 valence electrons. The van der Waals surface area contributed by atoms with Crippen LogP contribution in [0.1, 0.15) is 12.5 Å². The molecule has 1 aromatic carbocycles. The highest BCUT2D eigenvalue weighted by molar-refractivity contribution is 6.31. The topological polar surface area (TPSA) is 38.3 Å². The van der Waals surface area contributed by atoms with Crippen LogP contribution in [0.2, 0.25) is 5.02 Å². The minimum Gasteiger partial charge on any atom is -0.467 e. The van der Waals surface area contributed by atoms with Crippen molar-refractivity contribution in [1.29, 1.82) is 0 Å². The number of esters is 1. The number of hydrogen-bond acceptors (Lipinski definition) is 3. The molecule has 1 N–H and O–H groups in total. The van der Waals surface area contributed by atoms with Crippen LogP contribution in [-0.4, -0.2) is 19.6 Å². The molecule has 0 saturated carbocycles. The minimum atomic E-state index is -0.971. The van der Waals surface area contributed by atoms with Crippen LogP contribution in [-0.2, 0) is 15.1 Å². The molecule has 1 rings (SSSR count). The summed E-state index contributed by atoms with van der Waals surface area (Å²) in [5, 5.41) is 3.60. The predicted octanol–water partition coefficient (Wildman–Crippen LogP) is 2.50. The molecule has 0 amide bonds. The third-order valence-electron chi connectivity index (χ3n) is 2.61. The zero-order chi connectivity index (χ0) is 12.9. The van der Waals surface area contributed by atoms with E-state index in [4.69, 9.17) is 16.3 Å². The minimum absolute atomic E-state index is 0.382. The van der Waals surface area contributed by atoms with Gasteiger partial charge in [0.25, 0.3) is 0 Å². The summed E-state index contributed by atoms with van der Waals surface area (Å²) in [6.45, 7) is 5.84. The lowest BCUT2D eigenvalue weighted by molar-refractivity contribution is -0.148. The number of nitrogens with one attached hydrogen (secondary N) is 1. The fourth-order valence-electron chi connectivity index (χ4n) is 1.62. The first-order chi connectivity index (χ1) is 8.06. The number of methoxy groups -OCH3 is 1. The van der Waals surface area contributed by atoms with E-state index < -0.39 is 5.54 Å². The third-order valence-corrected chi connectivity index (χ3v) is 2.94. The van der Waals surface area contributed by atoms with E-state index in [-0.39, 0.29) is 5.97 Å². The molecule has 0 heterocycles. The van der Waals surface area contributed by atoms with Crippen LogP contribution in [0.3, 0.4) is 0 Å². The molecule has 0 aromatic heterocycles. The Bertz CT molecular complexity index is 420. The second kappa shape index (κ2) is 5.84. The Kier molecular flexibility index (Phi) is 4.73. The molecular formula is C13H16ClNO2. The maximum atomic E-state index is 11.9. The smallest absolute Gasteiger partial charge is 0.330 e. The molecule has 0 aliphatic rings. The Morgan fingerprint density at radius 1 is 1.59 bits per heavy atom. The van der Waals surface area contributed by atoms with Crippen LogP contribution in [0.25, 0.3) is 0 Å². The molecule has 1 unspecified atom stereocenters. The molecular weight excluding hydrogens is 238 g/mol. The summed E-state index contributed by atoms with van der Waals surface area (Å²) >= 11 is 6.12. The number of benzene rings is 1. The van der Waals surface area contributed by atoms with Crippen molar-refractivity contribution in [3.8, 4) is 0 Å². The first-order valence-electron chi connectivity index (χ1n) is 5.25. The van der Waals surface area contributed by atoms with Gasteiger partial charge in [-0.25, -0.2) is 4.79 Å². The Hall–Kier alpha value is -1.32. The van der Waals surface area contributed by atoms with Crippen molar-refractivity contribution in [2.75, 3.05) is 13.7 Å². The average Bonchev–Trinajstić information content (AvgIpc) is 2.35. The lowest BCUT2D eigenvalue weighted by Gasteiger charge is -2.28. The predicted molar refractivity (Wildman–Crippen MR) is 69.0 cm³/mol. The van der Waals surface area contributed by atoms with Gasteiger partial charge in [0.15, 0.2) is 0 Å². The van der Waals surface area contributed by atoms with Gasteiger partial charge in [-0.3, -0.25) is 5.32 Å². The summed E-state index contributed by atoms with van der Waals surface area (Å²) < 4.78 is 4.83. The quantitative estimate of drug-likeness (QED) is 0.647. The molecule has 0 fully saturated rings. The van der Waals surface area contributed by atoms with Crippen molar-refractivity contribution in [2.45, 2.75) is 12.5 Å². The van der Waals surface area contributed by atoms with E-state index in [1.54, 1.807) is 25.1 Å². The Balaban J connectivity index is 3.18. The zero-order valence-corrected chi connectivity index (χ0v) is 10.8. The number of hydrogen-bond donors (Lipinski definition) is 1. The van der Waals surface area contributed by atoms with Gasteiger partial charge >= 0.3 is 5.97 Å². The standard InChI is InChI=1S/C13H16ClNO2/c1-4-9-15-13(2,12(16)17-3)10-7-5-6-8-11(10)14/h4-8,15H,1,9H2,2-3H3. The second-order valence-corrected chi connectivity index (χ2v) is 4.17. The highest BCUT2D eigenvalue weighted by atomic mass is 35.5. The Morgan fingerprint density at radius 2 is 2.24 bits per heavy atom. The number of halogens is 1. The monoisotopic (exact) mass is 253 g/mol. The maximum Gasteiger partial charge on any atom is 0.330 e. The molecule has 0 spiro atoms. The maximum absolute atomic E-state index is 11.9. The Morgan fingerprint density at radius 3 is 2.76 bits per heavy atom. The number of rotatable bonds is 5. The summed E-state index contributed by atoms with van der Waals surface area (Å²) in [7, 11) is 1.35. The van der Waals surface area contributed by atoms with Crippen LogP contribution in [0.15, 0.2) is 36.9 Å². The summed E-state index contributed by atoms with van der Waals surface area (Å²) in [6.07, 6.45) is 1.68. The first-order valence-corrected chi connectivity index (χ1v) is 5.63. The molecule has 17 heavy (non-hydrogen) atoms. The average molecular weight is 254 g/mol. The van der Waals surface area contributed by atoms with Crippen LogP contribution < -0.4 is 5.32 Å². The van der Waals surface area contributed by atoms with E-state index in [0.29, 0.717) is 17.1 Å². The van der Waals surface area contributed by atoms with Crippen LogP contribution in [0.4, 0.5) is 0 Å². The summed E-state index contributed by atoms with van der Waals surface area (Å²) in [5.74, 6) is -0.382. The van der Waals surface area contributed by atoms with Gasteiger partial charge in [0.2, 0.25) is 0 Å². The van der Waals surface area contributed by atoms with Gasteiger partial charge in [-0.2, -0.15) is 0 Å². The molecule has 1 aromatic rings. The van der Waals surface area contributed by atoms with E-state index in [1.165, 1.54) is 7.11 Å². The van der Waals surface area contributed by atoms with Gasteiger partial charge < -0.3 is 4.74 Å². The molecule has 3 nitrogen and oxygen atoms in total. The highest BCUT2D eigenvalue weighted by Crippen LogP contribution is 2.28. The largest absolute Gasteiger partial charge is 0.467 e. The normalized spacial score (nSPS) is 13.8. The van der Waals surface area contributed by atoms with Crippen LogP contribution >= 0.6 is 11.6 Å². The molecule has 4 heteroatoms. The molecule has 0 bridgehead atoms.